The molecule has 2 N–H and O–H groups in total. The van der Waals surface area contributed by atoms with Gasteiger partial charge in [0.1, 0.15) is 0 Å². The molecule has 2 aromatic rings. The number of nitrogens with two attached hydrogens (primary N) is 1. The van der Waals surface area contributed by atoms with E-state index >= 15 is 0 Å². The number of nitrogen functional groups attached to an aromatic ring is 1. The standard InChI is InChI=1S/C18H21N3OS/c19-15-6-4-14(5-7-15)13-18(22)21-11-8-16(9-12-21)23-17-3-1-2-10-20-17/h1-7,10,16H,8-9,11-13,19H2. The van der Waals surface area contributed by atoms with E-state index in [-0.39, 0.29) is 5.91 Å². The third kappa shape index (κ3) is 4.48. The predicted molar refractivity (Wildman–Crippen MR) is 94.3 cm³/mol. The number of anilines is 1. The first kappa shape index (κ1) is 15.9. The number of thioether (sulfide) groups is 1. The van der Waals surface area contributed by atoms with Crippen molar-refractivity contribution in [1.29, 1.82) is 0 Å². The summed E-state index contributed by atoms with van der Waals surface area (Å²) in [7, 11) is 0. The van der Waals surface area contributed by atoms with Crippen LogP contribution in [-0.4, -0.2) is 34.1 Å². The highest BCUT2D eigenvalue weighted by atomic mass is 32.2. The largest absolute Gasteiger partial charge is 0.399 e. The molecular weight excluding hydrogens is 306 g/mol. The first-order valence-corrected chi connectivity index (χ1v) is 8.78. The molecule has 120 valence electrons. The highest BCUT2D eigenvalue weighted by Gasteiger charge is 2.23. The Morgan fingerprint density at radius 2 is 1.91 bits per heavy atom. The number of amides is 1. The zero-order valence-electron chi connectivity index (χ0n) is 13.0. The Labute approximate surface area is 141 Å². The van der Waals surface area contributed by atoms with Gasteiger partial charge in [0.05, 0.1) is 11.4 Å². The smallest absolute Gasteiger partial charge is 0.226 e. The van der Waals surface area contributed by atoms with Crippen LogP contribution in [0, 0.1) is 0 Å². The average Bonchev–Trinajstić information content (AvgIpc) is 2.58. The van der Waals surface area contributed by atoms with Gasteiger partial charge in [-0.3, -0.25) is 4.79 Å². The number of likely N-dealkylation sites (tertiary alicyclic amines) is 1. The summed E-state index contributed by atoms with van der Waals surface area (Å²) in [5.41, 5.74) is 7.43. The molecule has 0 saturated carbocycles. The van der Waals surface area contributed by atoms with Crippen LogP contribution in [0.3, 0.4) is 0 Å². The Morgan fingerprint density at radius 3 is 2.57 bits per heavy atom. The maximum atomic E-state index is 12.4. The van der Waals surface area contributed by atoms with Crippen molar-refractivity contribution in [2.45, 2.75) is 29.5 Å². The van der Waals surface area contributed by atoms with E-state index in [1.54, 1.807) is 0 Å². The van der Waals surface area contributed by atoms with Crippen molar-refractivity contribution in [3.8, 4) is 0 Å². The fraction of sp³-hybridized carbons (Fsp3) is 0.333. The van der Waals surface area contributed by atoms with Gasteiger partial charge in [0.15, 0.2) is 0 Å². The van der Waals surface area contributed by atoms with Gasteiger partial charge in [0, 0.05) is 30.2 Å². The minimum atomic E-state index is 0.205. The number of pyridine rings is 1. The van der Waals surface area contributed by atoms with Gasteiger partial charge < -0.3 is 10.6 Å². The lowest BCUT2D eigenvalue weighted by Crippen LogP contribution is -2.40. The van der Waals surface area contributed by atoms with Crippen LogP contribution in [0.5, 0.6) is 0 Å². The molecule has 1 amide bonds. The van der Waals surface area contributed by atoms with Crippen molar-refractivity contribution in [2.24, 2.45) is 0 Å². The molecule has 1 saturated heterocycles. The van der Waals surface area contributed by atoms with Crippen molar-refractivity contribution in [1.82, 2.24) is 9.88 Å². The lowest BCUT2D eigenvalue weighted by atomic mass is 10.1. The molecule has 1 aromatic carbocycles. The van der Waals surface area contributed by atoms with E-state index < -0.39 is 0 Å². The molecule has 1 aliphatic heterocycles. The molecule has 1 aliphatic rings. The Bertz CT molecular complexity index is 637. The average molecular weight is 327 g/mol. The molecule has 0 aliphatic carbocycles. The number of hydrogen-bond donors (Lipinski definition) is 1. The van der Waals surface area contributed by atoms with Gasteiger partial charge in [-0.25, -0.2) is 4.98 Å². The van der Waals surface area contributed by atoms with Crippen molar-refractivity contribution in [2.75, 3.05) is 18.8 Å². The third-order valence-corrected chi connectivity index (χ3v) is 5.34. The summed E-state index contributed by atoms with van der Waals surface area (Å²) in [6, 6.07) is 13.5. The van der Waals surface area contributed by atoms with E-state index in [4.69, 9.17) is 5.73 Å². The summed E-state index contributed by atoms with van der Waals surface area (Å²) in [5, 5.41) is 1.62. The van der Waals surface area contributed by atoms with Gasteiger partial charge in [-0.15, -0.1) is 11.8 Å². The van der Waals surface area contributed by atoms with E-state index in [0.717, 1.165) is 42.2 Å². The van der Waals surface area contributed by atoms with Crippen molar-refractivity contribution < 1.29 is 4.79 Å². The number of aromatic nitrogens is 1. The molecule has 0 radical (unpaired) electrons. The van der Waals surface area contributed by atoms with Gasteiger partial charge in [0.2, 0.25) is 5.91 Å². The van der Waals surface area contributed by atoms with Gasteiger partial charge in [-0.1, -0.05) is 18.2 Å². The Morgan fingerprint density at radius 1 is 1.17 bits per heavy atom. The monoisotopic (exact) mass is 327 g/mol. The van der Waals surface area contributed by atoms with Gasteiger partial charge in [-0.2, -0.15) is 0 Å². The highest BCUT2D eigenvalue weighted by Crippen LogP contribution is 2.29. The van der Waals surface area contributed by atoms with Crippen LogP contribution in [0.15, 0.2) is 53.7 Å². The molecule has 0 spiro atoms. The number of nitrogens with zero attached hydrogens (tertiary/aromatic N) is 2. The molecule has 3 rings (SSSR count). The maximum Gasteiger partial charge on any atom is 0.226 e. The zero-order chi connectivity index (χ0) is 16.1. The summed E-state index contributed by atoms with van der Waals surface area (Å²) >= 11 is 1.82. The molecule has 5 heteroatoms. The lowest BCUT2D eigenvalue weighted by molar-refractivity contribution is -0.131. The van der Waals surface area contributed by atoms with Crippen LogP contribution in [0.25, 0.3) is 0 Å². The molecule has 0 atom stereocenters. The summed E-state index contributed by atoms with van der Waals surface area (Å²) in [4.78, 5) is 18.7. The van der Waals surface area contributed by atoms with E-state index in [0.29, 0.717) is 11.7 Å². The molecule has 4 nitrogen and oxygen atoms in total. The minimum Gasteiger partial charge on any atom is -0.399 e. The van der Waals surface area contributed by atoms with Crippen LogP contribution in [0.1, 0.15) is 18.4 Å². The number of benzene rings is 1. The van der Waals surface area contributed by atoms with Crippen LogP contribution in [0.2, 0.25) is 0 Å². The first-order chi connectivity index (χ1) is 11.2. The van der Waals surface area contributed by atoms with Crippen LogP contribution in [0.4, 0.5) is 5.69 Å². The third-order valence-electron chi connectivity index (χ3n) is 4.05. The summed E-state index contributed by atoms with van der Waals surface area (Å²) in [5.74, 6) is 0.205. The maximum absolute atomic E-state index is 12.4. The highest BCUT2D eigenvalue weighted by molar-refractivity contribution is 7.99. The Balaban J connectivity index is 1.48. The fourth-order valence-electron chi connectivity index (χ4n) is 2.73. The number of carbonyl (C=O) groups excluding carboxylic acids is 1. The van der Waals surface area contributed by atoms with Crippen LogP contribution < -0.4 is 5.73 Å². The first-order valence-electron chi connectivity index (χ1n) is 7.90. The summed E-state index contributed by atoms with van der Waals surface area (Å²) in [6.07, 6.45) is 4.33. The lowest BCUT2D eigenvalue weighted by Gasteiger charge is -2.31. The quantitative estimate of drug-likeness (QED) is 0.877. The van der Waals surface area contributed by atoms with E-state index in [1.165, 1.54) is 0 Å². The molecule has 0 bridgehead atoms. The molecule has 2 heterocycles. The SMILES string of the molecule is Nc1ccc(CC(=O)N2CCC(Sc3ccccn3)CC2)cc1. The van der Waals surface area contributed by atoms with E-state index in [9.17, 15) is 4.79 Å². The second-order valence-corrected chi connectivity index (χ2v) is 7.10. The zero-order valence-corrected chi connectivity index (χ0v) is 13.8. The number of piperidine rings is 1. The van der Waals surface area contributed by atoms with Crippen molar-refractivity contribution in [3.05, 3.63) is 54.2 Å². The second kappa shape index (κ2) is 7.51. The van der Waals surface area contributed by atoms with Crippen LogP contribution >= 0.6 is 11.8 Å². The topological polar surface area (TPSA) is 59.2 Å². The Kier molecular flexibility index (Phi) is 5.18. The molecule has 1 fully saturated rings. The normalized spacial score (nSPS) is 15.6. The molecular formula is C18H21N3OS. The van der Waals surface area contributed by atoms with Crippen molar-refractivity contribution in [3.63, 3.8) is 0 Å². The fourth-order valence-corrected chi connectivity index (χ4v) is 3.80. The molecule has 23 heavy (non-hydrogen) atoms. The van der Waals surface area contributed by atoms with Gasteiger partial charge >= 0.3 is 0 Å². The number of carbonyl (C=O) groups is 1. The summed E-state index contributed by atoms with van der Waals surface area (Å²) in [6.45, 7) is 1.66. The van der Waals surface area contributed by atoms with Crippen molar-refractivity contribution >= 4 is 23.4 Å². The number of rotatable bonds is 4. The minimum absolute atomic E-state index is 0.205. The van der Waals surface area contributed by atoms with Gasteiger partial charge in [0.25, 0.3) is 0 Å². The Hall–Kier alpha value is -2.01. The predicted octanol–water partition coefficient (Wildman–Crippen LogP) is 2.99. The van der Waals surface area contributed by atoms with Crippen LogP contribution in [-0.2, 0) is 11.2 Å². The van der Waals surface area contributed by atoms with E-state index in [2.05, 4.69) is 4.98 Å². The van der Waals surface area contributed by atoms with E-state index in [1.807, 2.05) is 65.3 Å². The summed E-state index contributed by atoms with van der Waals surface area (Å²) < 4.78 is 0. The number of hydrogen-bond acceptors (Lipinski definition) is 4. The molecule has 1 aromatic heterocycles. The molecule has 0 unspecified atom stereocenters. The second-order valence-electron chi connectivity index (χ2n) is 5.78. The van der Waals surface area contributed by atoms with Gasteiger partial charge in [-0.05, 0) is 42.7 Å².